The van der Waals surface area contributed by atoms with Crippen molar-refractivity contribution in [2.75, 3.05) is 18.0 Å². The van der Waals surface area contributed by atoms with Crippen molar-refractivity contribution in [1.29, 1.82) is 5.26 Å². The average molecular weight is 215 g/mol. The Kier molecular flexibility index (Phi) is 2.08. The van der Waals surface area contributed by atoms with Crippen LogP contribution in [0.25, 0.3) is 0 Å². The van der Waals surface area contributed by atoms with E-state index >= 15 is 0 Å². The first kappa shape index (κ1) is 9.61. The van der Waals surface area contributed by atoms with Crippen molar-refractivity contribution < 1.29 is 5.11 Å². The highest BCUT2D eigenvalue weighted by Crippen LogP contribution is 2.46. The molecule has 3 rings (SSSR count). The lowest BCUT2D eigenvalue weighted by atomic mass is 10.2. The Labute approximate surface area is 94.1 Å². The Balaban J connectivity index is 1.91. The molecule has 2 fully saturated rings. The van der Waals surface area contributed by atoms with Crippen molar-refractivity contribution in [2.24, 2.45) is 11.8 Å². The number of rotatable bonds is 2. The van der Waals surface area contributed by atoms with Gasteiger partial charge in [0.15, 0.2) is 0 Å². The predicted octanol–water partition coefficient (Wildman–Crippen LogP) is 0.902. The Hall–Kier alpha value is -1.60. The molecular formula is C12H13N3O. The van der Waals surface area contributed by atoms with Gasteiger partial charge in [0.05, 0.1) is 12.2 Å². The summed E-state index contributed by atoms with van der Waals surface area (Å²) in [6.45, 7) is 2.00. The molecule has 1 saturated heterocycles. The summed E-state index contributed by atoms with van der Waals surface area (Å²) in [6, 6.07) is 3.89. The maximum absolute atomic E-state index is 9.08. The topological polar surface area (TPSA) is 60.1 Å². The molecule has 1 N–H and O–H groups in total. The molecule has 0 radical (unpaired) electrons. The number of fused-ring (bicyclic) bond motifs is 1. The van der Waals surface area contributed by atoms with Crippen molar-refractivity contribution in [3.63, 3.8) is 0 Å². The van der Waals surface area contributed by atoms with Gasteiger partial charge in [0, 0.05) is 19.3 Å². The molecule has 1 aliphatic carbocycles. The van der Waals surface area contributed by atoms with Crippen LogP contribution in [0.15, 0.2) is 12.3 Å². The standard InChI is InChI=1S/C12H13N3O/c13-3-9-1-8(7-16)4-14-12(9)15-5-10-2-11(10)6-15/h1,4,10-11,16H,2,5-7H2. The molecule has 16 heavy (non-hydrogen) atoms. The number of hydrogen-bond donors (Lipinski definition) is 1. The van der Waals surface area contributed by atoms with E-state index in [9.17, 15) is 0 Å². The third-order valence-corrected chi connectivity index (χ3v) is 3.50. The average Bonchev–Trinajstić information content (AvgIpc) is 2.95. The Morgan fingerprint density at radius 1 is 1.50 bits per heavy atom. The fraction of sp³-hybridized carbons (Fsp3) is 0.500. The predicted molar refractivity (Wildman–Crippen MR) is 58.7 cm³/mol. The van der Waals surface area contributed by atoms with Gasteiger partial charge in [0.25, 0.3) is 0 Å². The van der Waals surface area contributed by atoms with Crippen LogP contribution in [0.1, 0.15) is 17.5 Å². The summed E-state index contributed by atoms with van der Waals surface area (Å²) in [5.41, 5.74) is 1.28. The summed E-state index contributed by atoms with van der Waals surface area (Å²) in [6.07, 6.45) is 2.99. The first-order valence-electron chi connectivity index (χ1n) is 5.56. The van der Waals surface area contributed by atoms with Crippen LogP contribution >= 0.6 is 0 Å². The van der Waals surface area contributed by atoms with E-state index in [1.807, 2.05) is 0 Å². The molecule has 2 atom stereocenters. The van der Waals surface area contributed by atoms with Gasteiger partial charge in [-0.15, -0.1) is 0 Å². The van der Waals surface area contributed by atoms with Crippen molar-refractivity contribution >= 4 is 5.82 Å². The van der Waals surface area contributed by atoms with Crippen molar-refractivity contribution in [2.45, 2.75) is 13.0 Å². The molecule has 1 aromatic heterocycles. The maximum atomic E-state index is 9.08. The molecule has 4 nitrogen and oxygen atoms in total. The van der Waals surface area contributed by atoms with Crippen LogP contribution in [0, 0.1) is 23.2 Å². The smallest absolute Gasteiger partial charge is 0.146 e. The minimum Gasteiger partial charge on any atom is -0.392 e. The van der Waals surface area contributed by atoms with Gasteiger partial charge in [-0.2, -0.15) is 5.26 Å². The minimum absolute atomic E-state index is 0.0623. The van der Waals surface area contributed by atoms with Crippen LogP contribution in [-0.4, -0.2) is 23.2 Å². The summed E-state index contributed by atoms with van der Waals surface area (Å²) >= 11 is 0. The van der Waals surface area contributed by atoms with Gasteiger partial charge in [-0.05, 0) is 29.9 Å². The molecule has 1 saturated carbocycles. The molecule has 0 bridgehead atoms. The quantitative estimate of drug-likeness (QED) is 0.796. The van der Waals surface area contributed by atoms with Crippen LogP contribution in [0.3, 0.4) is 0 Å². The van der Waals surface area contributed by atoms with E-state index in [2.05, 4.69) is 16.0 Å². The van der Waals surface area contributed by atoms with E-state index < -0.39 is 0 Å². The highest BCUT2D eigenvalue weighted by molar-refractivity contribution is 5.56. The molecule has 82 valence electrons. The number of aliphatic hydroxyl groups excluding tert-OH is 1. The molecule has 2 heterocycles. The molecule has 4 heteroatoms. The van der Waals surface area contributed by atoms with E-state index in [4.69, 9.17) is 10.4 Å². The number of aromatic nitrogens is 1. The molecule has 2 aliphatic rings. The third kappa shape index (κ3) is 1.44. The monoisotopic (exact) mass is 215 g/mol. The Morgan fingerprint density at radius 2 is 2.25 bits per heavy atom. The number of hydrogen-bond acceptors (Lipinski definition) is 4. The molecule has 0 spiro atoms. The van der Waals surface area contributed by atoms with Gasteiger partial charge < -0.3 is 10.0 Å². The molecule has 1 aromatic rings. The SMILES string of the molecule is N#Cc1cc(CO)cnc1N1CC2CC2C1. The number of piperidine rings is 1. The van der Waals surface area contributed by atoms with Crippen molar-refractivity contribution in [3.05, 3.63) is 23.4 Å². The zero-order chi connectivity index (χ0) is 11.1. The summed E-state index contributed by atoms with van der Waals surface area (Å²) in [4.78, 5) is 6.49. The summed E-state index contributed by atoms with van der Waals surface area (Å²) in [5.74, 6) is 2.43. The Morgan fingerprint density at radius 3 is 2.88 bits per heavy atom. The number of nitrogens with zero attached hydrogens (tertiary/aromatic N) is 3. The normalized spacial score (nSPS) is 26.4. The molecule has 1 aliphatic heterocycles. The van der Waals surface area contributed by atoms with Crippen LogP contribution in [0.2, 0.25) is 0 Å². The second-order valence-corrected chi connectivity index (χ2v) is 4.65. The lowest BCUT2D eigenvalue weighted by molar-refractivity contribution is 0.281. The van der Waals surface area contributed by atoms with E-state index in [0.717, 1.165) is 30.7 Å². The van der Waals surface area contributed by atoms with Gasteiger partial charge >= 0.3 is 0 Å². The van der Waals surface area contributed by atoms with E-state index in [1.54, 1.807) is 12.3 Å². The molecular weight excluding hydrogens is 202 g/mol. The Bertz CT molecular complexity index is 456. The minimum atomic E-state index is -0.0623. The largest absolute Gasteiger partial charge is 0.392 e. The second-order valence-electron chi connectivity index (χ2n) is 4.65. The fourth-order valence-electron chi connectivity index (χ4n) is 2.49. The van der Waals surface area contributed by atoms with Gasteiger partial charge in [-0.3, -0.25) is 0 Å². The third-order valence-electron chi connectivity index (χ3n) is 3.50. The van der Waals surface area contributed by atoms with Crippen molar-refractivity contribution in [3.8, 4) is 6.07 Å². The van der Waals surface area contributed by atoms with Crippen LogP contribution in [0.4, 0.5) is 5.82 Å². The van der Waals surface area contributed by atoms with E-state index in [1.165, 1.54) is 6.42 Å². The summed E-state index contributed by atoms with van der Waals surface area (Å²) in [5, 5.41) is 18.1. The van der Waals surface area contributed by atoms with E-state index in [0.29, 0.717) is 11.1 Å². The number of aliphatic hydroxyl groups is 1. The summed E-state index contributed by atoms with van der Waals surface area (Å²) < 4.78 is 0. The number of anilines is 1. The highest BCUT2D eigenvalue weighted by atomic mass is 16.3. The van der Waals surface area contributed by atoms with Gasteiger partial charge in [0.1, 0.15) is 11.9 Å². The lowest BCUT2D eigenvalue weighted by Gasteiger charge is -2.20. The zero-order valence-electron chi connectivity index (χ0n) is 8.93. The van der Waals surface area contributed by atoms with Crippen LogP contribution in [0.5, 0.6) is 0 Å². The van der Waals surface area contributed by atoms with E-state index in [-0.39, 0.29) is 6.61 Å². The fourth-order valence-corrected chi connectivity index (χ4v) is 2.49. The second kappa shape index (κ2) is 3.46. The number of pyridine rings is 1. The van der Waals surface area contributed by atoms with Crippen LogP contribution < -0.4 is 4.90 Å². The lowest BCUT2D eigenvalue weighted by Crippen LogP contribution is -2.24. The first-order chi connectivity index (χ1) is 7.81. The van der Waals surface area contributed by atoms with Crippen molar-refractivity contribution in [1.82, 2.24) is 4.98 Å². The first-order valence-corrected chi connectivity index (χ1v) is 5.56. The zero-order valence-corrected chi connectivity index (χ0v) is 8.93. The van der Waals surface area contributed by atoms with Crippen LogP contribution in [-0.2, 0) is 6.61 Å². The molecule has 0 amide bonds. The number of nitriles is 1. The highest BCUT2D eigenvalue weighted by Gasteiger charge is 2.45. The molecule has 2 unspecified atom stereocenters. The van der Waals surface area contributed by atoms with Gasteiger partial charge in [0.2, 0.25) is 0 Å². The van der Waals surface area contributed by atoms with Gasteiger partial charge in [-0.25, -0.2) is 4.98 Å². The summed E-state index contributed by atoms with van der Waals surface area (Å²) in [7, 11) is 0. The van der Waals surface area contributed by atoms with Gasteiger partial charge in [-0.1, -0.05) is 0 Å². The maximum Gasteiger partial charge on any atom is 0.146 e. The molecule has 0 aromatic carbocycles.